The first kappa shape index (κ1) is 15.9. The van der Waals surface area contributed by atoms with Crippen LogP contribution < -0.4 is 0 Å². The van der Waals surface area contributed by atoms with Crippen molar-refractivity contribution in [2.45, 2.75) is 38.6 Å². The average Bonchev–Trinajstić information content (AvgIpc) is 3.38. The van der Waals surface area contributed by atoms with Crippen LogP contribution in [0.4, 0.5) is 0 Å². The second kappa shape index (κ2) is 6.39. The molecule has 0 unspecified atom stereocenters. The van der Waals surface area contributed by atoms with Crippen molar-refractivity contribution in [3.8, 4) is 11.4 Å². The van der Waals surface area contributed by atoms with Crippen molar-refractivity contribution in [2.24, 2.45) is 0 Å². The molecule has 0 aromatic carbocycles. The summed E-state index contributed by atoms with van der Waals surface area (Å²) in [5.41, 5.74) is 3.56. The predicted octanol–water partition coefficient (Wildman–Crippen LogP) is 4.01. The van der Waals surface area contributed by atoms with E-state index < -0.39 is 0 Å². The molecule has 0 bridgehead atoms. The molecule has 0 spiro atoms. The van der Waals surface area contributed by atoms with E-state index in [0.29, 0.717) is 12.6 Å². The van der Waals surface area contributed by atoms with Crippen LogP contribution in [0.1, 0.15) is 49.0 Å². The lowest BCUT2D eigenvalue weighted by molar-refractivity contribution is 0.0804. The Morgan fingerprint density at radius 1 is 1.24 bits per heavy atom. The van der Waals surface area contributed by atoms with Gasteiger partial charge in [0.25, 0.3) is 5.91 Å². The molecule has 0 saturated heterocycles. The molecular formula is C20H24N4O. The largest absolute Gasteiger partial charge is 0.342 e. The van der Waals surface area contributed by atoms with E-state index in [4.69, 9.17) is 5.10 Å². The SMILES string of the molecule is CCN(C)C(=O)c1cc(-c2ccn(C3CCCC3)n2)n2ccccc12. The number of hydrogen-bond donors (Lipinski definition) is 0. The first-order valence-corrected chi connectivity index (χ1v) is 9.10. The number of carbonyl (C=O) groups excluding carboxylic acids is 1. The summed E-state index contributed by atoms with van der Waals surface area (Å²) in [6.45, 7) is 2.68. The Morgan fingerprint density at radius 3 is 2.80 bits per heavy atom. The van der Waals surface area contributed by atoms with Gasteiger partial charge >= 0.3 is 0 Å². The summed E-state index contributed by atoms with van der Waals surface area (Å²) in [5, 5.41) is 4.82. The monoisotopic (exact) mass is 336 g/mol. The number of rotatable bonds is 4. The van der Waals surface area contributed by atoms with Crippen LogP contribution >= 0.6 is 0 Å². The molecule has 0 atom stereocenters. The molecule has 1 aliphatic rings. The zero-order valence-corrected chi connectivity index (χ0v) is 14.9. The van der Waals surface area contributed by atoms with Gasteiger partial charge in [0, 0.05) is 26.0 Å². The van der Waals surface area contributed by atoms with Gasteiger partial charge in [-0.15, -0.1) is 0 Å². The number of amides is 1. The van der Waals surface area contributed by atoms with E-state index in [-0.39, 0.29) is 5.91 Å². The Hall–Kier alpha value is -2.56. The third-order valence-electron chi connectivity index (χ3n) is 5.30. The molecule has 25 heavy (non-hydrogen) atoms. The Kier molecular flexibility index (Phi) is 4.07. The Bertz CT molecular complexity index is 901. The summed E-state index contributed by atoms with van der Waals surface area (Å²) >= 11 is 0. The summed E-state index contributed by atoms with van der Waals surface area (Å²) < 4.78 is 4.17. The molecule has 1 saturated carbocycles. The van der Waals surface area contributed by atoms with E-state index in [2.05, 4.69) is 21.3 Å². The molecule has 5 nitrogen and oxygen atoms in total. The van der Waals surface area contributed by atoms with Gasteiger partial charge in [-0.25, -0.2) is 0 Å². The van der Waals surface area contributed by atoms with Crippen LogP contribution in [0.2, 0.25) is 0 Å². The van der Waals surface area contributed by atoms with E-state index in [1.165, 1.54) is 25.7 Å². The number of hydrogen-bond acceptors (Lipinski definition) is 2. The van der Waals surface area contributed by atoms with Gasteiger partial charge in [-0.2, -0.15) is 5.10 Å². The van der Waals surface area contributed by atoms with E-state index in [1.807, 2.05) is 44.4 Å². The van der Waals surface area contributed by atoms with Gasteiger partial charge in [0.15, 0.2) is 0 Å². The van der Waals surface area contributed by atoms with Crippen LogP contribution in [-0.2, 0) is 0 Å². The van der Waals surface area contributed by atoms with Crippen LogP contribution in [0.5, 0.6) is 0 Å². The van der Waals surface area contributed by atoms with Crippen molar-refractivity contribution < 1.29 is 4.79 Å². The van der Waals surface area contributed by atoms with E-state index in [9.17, 15) is 4.79 Å². The van der Waals surface area contributed by atoms with Gasteiger partial charge in [0.1, 0.15) is 5.69 Å². The van der Waals surface area contributed by atoms with Crippen molar-refractivity contribution in [3.05, 3.63) is 48.3 Å². The summed E-state index contributed by atoms with van der Waals surface area (Å²) in [6, 6.07) is 10.5. The third-order valence-corrected chi connectivity index (χ3v) is 5.30. The first-order chi connectivity index (χ1) is 12.2. The molecule has 3 aromatic rings. The molecule has 1 fully saturated rings. The topological polar surface area (TPSA) is 42.5 Å². The van der Waals surface area contributed by atoms with Crippen molar-refractivity contribution >= 4 is 11.4 Å². The molecule has 0 aliphatic heterocycles. The molecule has 3 heterocycles. The summed E-state index contributed by atoms with van der Waals surface area (Å²) in [4.78, 5) is 14.5. The second-order valence-electron chi connectivity index (χ2n) is 6.84. The maximum atomic E-state index is 12.7. The molecule has 0 radical (unpaired) electrons. The summed E-state index contributed by atoms with van der Waals surface area (Å²) in [7, 11) is 1.84. The minimum Gasteiger partial charge on any atom is -0.342 e. The Balaban J connectivity index is 1.78. The zero-order valence-electron chi connectivity index (χ0n) is 14.9. The van der Waals surface area contributed by atoms with Crippen molar-refractivity contribution in [3.63, 3.8) is 0 Å². The lowest BCUT2D eigenvalue weighted by Crippen LogP contribution is -2.25. The summed E-state index contributed by atoms with van der Waals surface area (Å²) in [5.74, 6) is 0.0488. The third kappa shape index (κ3) is 2.73. The number of fused-ring (bicyclic) bond motifs is 1. The minimum absolute atomic E-state index is 0.0488. The lowest BCUT2D eigenvalue weighted by atomic mass is 10.2. The van der Waals surface area contributed by atoms with E-state index in [1.54, 1.807) is 4.90 Å². The van der Waals surface area contributed by atoms with Gasteiger partial charge < -0.3 is 9.30 Å². The molecule has 130 valence electrons. The van der Waals surface area contributed by atoms with Gasteiger partial charge in [-0.3, -0.25) is 9.48 Å². The highest BCUT2D eigenvalue weighted by Crippen LogP contribution is 2.31. The fourth-order valence-corrected chi connectivity index (χ4v) is 3.72. The number of carbonyl (C=O) groups is 1. The van der Waals surface area contributed by atoms with E-state index >= 15 is 0 Å². The van der Waals surface area contributed by atoms with Crippen molar-refractivity contribution in [1.29, 1.82) is 0 Å². The Morgan fingerprint density at radius 2 is 2.04 bits per heavy atom. The maximum Gasteiger partial charge on any atom is 0.255 e. The van der Waals surface area contributed by atoms with Crippen molar-refractivity contribution in [2.75, 3.05) is 13.6 Å². The van der Waals surface area contributed by atoms with Gasteiger partial charge in [-0.05, 0) is 44.0 Å². The lowest BCUT2D eigenvalue weighted by Gasteiger charge is -2.13. The van der Waals surface area contributed by atoms with Crippen molar-refractivity contribution in [1.82, 2.24) is 19.1 Å². The molecule has 0 N–H and O–H groups in total. The molecule has 1 amide bonds. The van der Waals surface area contributed by atoms with Crippen LogP contribution in [0, 0.1) is 0 Å². The smallest absolute Gasteiger partial charge is 0.255 e. The number of nitrogens with zero attached hydrogens (tertiary/aromatic N) is 4. The fourth-order valence-electron chi connectivity index (χ4n) is 3.72. The Labute approximate surface area is 147 Å². The fraction of sp³-hybridized carbons (Fsp3) is 0.400. The van der Waals surface area contributed by atoms with Gasteiger partial charge in [0.05, 0.1) is 22.8 Å². The standard InChI is InChI=1S/C20H24N4O/c1-3-22(2)20(25)16-14-19(23-12-7-6-10-18(16)23)17-11-13-24(21-17)15-8-4-5-9-15/h6-7,10-15H,3-5,8-9H2,1-2H3. The molecule has 1 aliphatic carbocycles. The maximum absolute atomic E-state index is 12.7. The molecule has 3 aromatic heterocycles. The normalized spacial score (nSPS) is 15.1. The highest BCUT2D eigenvalue weighted by molar-refractivity contribution is 6.02. The first-order valence-electron chi connectivity index (χ1n) is 9.10. The molecule has 4 rings (SSSR count). The second-order valence-corrected chi connectivity index (χ2v) is 6.84. The van der Waals surface area contributed by atoms with Gasteiger partial charge in [-0.1, -0.05) is 18.9 Å². The summed E-state index contributed by atoms with van der Waals surface area (Å²) in [6.07, 6.45) is 9.07. The quantitative estimate of drug-likeness (QED) is 0.722. The van der Waals surface area contributed by atoms with Gasteiger partial charge in [0.2, 0.25) is 0 Å². The average molecular weight is 336 g/mol. The molecule has 5 heteroatoms. The zero-order chi connectivity index (χ0) is 17.4. The highest BCUT2D eigenvalue weighted by Gasteiger charge is 2.21. The predicted molar refractivity (Wildman–Crippen MR) is 98.8 cm³/mol. The highest BCUT2D eigenvalue weighted by atomic mass is 16.2. The van der Waals surface area contributed by atoms with Crippen LogP contribution in [-0.4, -0.2) is 38.6 Å². The van der Waals surface area contributed by atoms with Crippen LogP contribution in [0.25, 0.3) is 16.9 Å². The number of aromatic nitrogens is 3. The van der Waals surface area contributed by atoms with Crippen LogP contribution in [0.3, 0.4) is 0 Å². The van der Waals surface area contributed by atoms with Crippen LogP contribution in [0.15, 0.2) is 42.7 Å². The van der Waals surface area contributed by atoms with E-state index in [0.717, 1.165) is 22.5 Å². The molecular weight excluding hydrogens is 312 g/mol. The minimum atomic E-state index is 0.0488. The number of pyridine rings is 1.